The zero-order valence-corrected chi connectivity index (χ0v) is 13.0. The first-order chi connectivity index (χ1) is 8.99. The molecule has 19 heavy (non-hydrogen) atoms. The summed E-state index contributed by atoms with van der Waals surface area (Å²) in [6.45, 7) is 2.57. The van der Waals surface area contributed by atoms with E-state index in [0.29, 0.717) is 17.3 Å². The maximum absolute atomic E-state index is 11.9. The molecule has 5 heteroatoms. The van der Waals surface area contributed by atoms with E-state index in [-0.39, 0.29) is 11.9 Å². The van der Waals surface area contributed by atoms with Crippen molar-refractivity contribution in [2.45, 2.75) is 25.9 Å². The van der Waals surface area contributed by atoms with Gasteiger partial charge in [0.05, 0.1) is 5.75 Å². The van der Waals surface area contributed by atoms with Crippen molar-refractivity contribution in [3.8, 4) is 0 Å². The molecule has 0 spiro atoms. The summed E-state index contributed by atoms with van der Waals surface area (Å²) in [5, 5.41) is 0.699. The Hall–Kier alpha value is -0.710. The number of thioether (sulfide) groups is 1. The van der Waals surface area contributed by atoms with E-state index in [1.807, 2.05) is 38.2 Å². The van der Waals surface area contributed by atoms with Crippen molar-refractivity contribution in [3.63, 3.8) is 0 Å². The average Bonchev–Trinajstić information content (AvgIpc) is 2.34. The van der Waals surface area contributed by atoms with Crippen LogP contribution in [-0.2, 0) is 11.3 Å². The van der Waals surface area contributed by atoms with Crippen LogP contribution >= 0.6 is 23.4 Å². The van der Waals surface area contributed by atoms with Crippen LogP contribution in [0.25, 0.3) is 0 Å². The molecule has 1 rings (SSSR count). The molecule has 3 nitrogen and oxygen atoms in total. The van der Waals surface area contributed by atoms with Gasteiger partial charge in [0, 0.05) is 24.7 Å². The van der Waals surface area contributed by atoms with Gasteiger partial charge in [0.15, 0.2) is 0 Å². The van der Waals surface area contributed by atoms with Crippen LogP contribution in [0.3, 0.4) is 0 Å². The van der Waals surface area contributed by atoms with Gasteiger partial charge in [-0.3, -0.25) is 4.79 Å². The van der Waals surface area contributed by atoms with E-state index in [9.17, 15) is 4.79 Å². The van der Waals surface area contributed by atoms with E-state index in [2.05, 4.69) is 0 Å². The zero-order chi connectivity index (χ0) is 14.3. The van der Waals surface area contributed by atoms with Crippen molar-refractivity contribution in [1.82, 2.24) is 4.90 Å². The summed E-state index contributed by atoms with van der Waals surface area (Å²) < 4.78 is 0. The molecule has 0 aromatic heterocycles. The normalized spacial score (nSPS) is 12.2. The molecule has 0 saturated carbocycles. The average molecular weight is 301 g/mol. The Balaban J connectivity index is 2.32. The molecule has 0 radical (unpaired) electrons. The van der Waals surface area contributed by atoms with Crippen LogP contribution in [0.5, 0.6) is 0 Å². The van der Waals surface area contributed by atoms with Gasteiger partial charge in [-0.1, -0.05) is 23.7 Å². The predicted octanol–water partition coefficient (Wildman–Crippen LogP) is 2.77. The van der Waals surface area contributed by atoms with Crippen LogP contribution < -0.4 is 5.73 Å². The first-order valence-electron chi connectivity index (χ1n) is 6.30. The van der Waals surface area contributed by atoms with Crippen LogP contribution in [-0.4, -0.2) is 35.4 Å². The highest BCUT2D eigenvalue weighted by molar-refractivity contribution is 7.99. The number of carbonyl (C=O) groups is 1. The third kappa shape index (κ3) is 6.85. The first-order valence-corrected chi connectivity index (χ1v) is 7.84. The van der Waals surface area contributed by atoms with Gasteiger partial charge in [0.25, 0.3) is 0 Å². The number of benzene rings is 1. The highest BCUT2D eigenvalue weighted by atomic mass is 35.5. The molecular weight excluding hydrogens is 280 g/mol. The van der Waals surface area contributed by atoms with E-state index >= 15 is 0 Å². The monoisotopic (exact) mass is 300 g/mol. The number of hydrogen-bond donors (Lipinski definition) is 1. The van der Waals surface area contributed by atoms with Gasteiger partial charge in [0.2, 0.25) is 5.91 Å². The third-order valence-electron chi connectivity index (χ3n) is 2.68. The fourth-order valence-electron chi connectivity index (χ4n) is 1.54. The summed E-state index contributed by atoms with van der Waals surface area (Å²) in [6.07, 6.45) is 0.940. The van der Waals surface area contributed by atoms with Crippen LogP contribution in [0.15, 0.2) is 24.3 Å². The molecule has 0 aliphatic heterocycles. The molecule has 0 saturated heterocycles. The van der Waals surface area contributed by atoms with Gasteiger partial charge in [-0.15, -0.1) is 0 Å². The van der Waals surface area contributed by atoms with Gasteiger partial charge >= 0.3 is 0 Å². The Bertz CT molecular complexity index is 412. The summed E-state index contributed by atoms with van der Waals surface area (Å²) >= 11 is 7.55. The number of halogens is 1. The standard InChI is InChI=1S/C14H21ClN2OS/c1-11(16)6-7-19-10-14(18)17(2)9-12-4-3-5-13(15)8-12/h3-5,8,11H,6-7,9-10,16H2,1-2H3. The maximum Gasteiger partial charge on any atom is 0.232 e. The van der Waals surface area contributed by atoms with Crippen LogP contribution in [0.4, 0.5) is 0 Å². The molecule has 0 fully saturated rings. The lowest BCUT2D eigenvalue weighted by atomic mass is 10.2. The van der Waals surface area contributed by atoms with Crippen molar-refractivity contribution < 1.29 is 4.79 Å². The minimum absolute atomic E-state index is 0.134. The Morgan fingerprint density at radius 1 is 1.53 bits per heavy atom. The molecule has 1 amide bonds. The molecule has 1 unspecified atom stereocenters. The fraction of sp³-hybridized carbons (Fsp3) is 0.500. The van der Waals surface area contributed by atoms with Crippen molar-refractivity contribution in [2.75, 3.05) is 18.6 Å². The molecule has 1 aromatic rings. The molecule has 1 aromatic carbocycles. The number of nitrogens with zero attached hydrogens (tertiary/aromatic N) is 1. The summed E-state index contributed by atoms with van der Waals surface area (Å²) in [4.78, 5) is 13.6. The van der Waals surface area contributed by atoms with Gasteiger partial charge in [-0.25, -0.2) is 0 Å². The Morgan fingerprint density at radius 3 is 2.89 bits per heavy atom. The smallest absolute Gasteiger partial charge is 0.232 e. The maximum atomic E-state index is 11.9. The quantitative estimate of drug-likeness (QED) is 0.788. The van der Waals surface area contributed by atoms with Crippen molar-refractivity contribution in [2.24, 2.45) is 5.73 Å². The highest BCUT2D eigenvalue weighted by Crippen LogP contribution is 2.13. The predicted molar refractivity (Wildman–Crippen MR) is 83.5 cm³/mol. The van der Waals surface area contributed by atoms with Gasteiger partial charge in [0.1, 0.15) is 0 Å². The molecule has 2 N–H and O–H groups in total. The number of rotatable bonds is 7. The number of carbonyl (C=O) groups excluding carboxylic acids is 1. The summed E-state index contributed by atoms with van der Waals surface area (Å²) in [5.41, 5.74) is 6.71. The molecule has 0 aliphatic rings. The second-order valence-electron chi connectivity index (χ2n) is 4.70. The van der Waals surface area contributed by atoms with E-state index in [1.165, 1.54) is 0 Å². The number of amides is 1. The lowest BCUT2D eigenvalue weighted by Gasteiger charge is -2.17. The summed E-state index contributed by atoms with van der Waals surface area (Å²) in [6, 6.07) is 7.78. The van der Waals surface area contributed by atoms with Gasteiger partial charge in [-0.2, -0.15) is 11.8 Å². The highest BCUT2D eigenvalue weighted by Gasteiger charge is 2.09. The van der Waals surface area contributed by atoms with E-state index in [1.54, 1.807) is 16.7 Å². The molecule has 1 atom stereocenters. The van der Waals surface area contributed by atoms with Crippen LogP contribution in [0.1, 0.15) is 18.9 Å². The van der Waals surface area contributed by atoms with E-state index < -0.39 is 0 Å². The van der Waals surface area contributed by atoms with Gasteiger partial charge in [-0.05, 0) is 36.8 Å². The zero-order valence-electron chi connectivity index (χ0n) is 11.4. The Morgan fingerprint density at radius 2 is 2.26 bits per heavy atom. The molecule has 0 aliphatic carbocycles. The molecule has 0 heterocycles. The largest absolute Gasteiger partial charge is 0.341 e. The second-order valence-corrected chi connectivity index (χ2v) is 6.24. The van der Waals surface area contributed by atoms with Crippen molar-refractivity contribution >= 4 is 29.3 Å². The molecule has 0 bridgehead atoms. The molecular formula is C14H21ClN2OS. The van der Waals surface area contributed by atoms with Gasteiger partial charge < -0.3 is 10.6 Å². The minimum atomic E-state index is 0.134. The fourth-order valence-corrected chi connectivity index (χ4v) is 2.83. The number of hydrogen-bond acceptors (Lipinski definition) is 3. The third-order valence-corrected chi connectivity index (χ3v) is 3.89. The van der Waals surface area contributed by atoms with E-state index in [0.717, 1.165) is 17.7 Å². The number of nitrogens with two attached hydrogens (primary N) is 1. The summed E-state index contributed by atoms with van der Waals surface area (Å²) in [5.74, 6) is 1.56. The lowest BCUT2D eigenvalue weighted by molar-refractivity contribution is -0.127. The van der Waals surface area contributed by atoms with Crippen LogP contribution in [0, 0.1) is 0 Å². The SMILES string of the molecule is CC(N)CCSCC(=O)N(C)Cc1cccc(Cl)c1. The second kappa shape index (κ2) is 8.46. The van der Waals surface area contributed by atoms with Crippen molar-refractivity contribution in [1.29, 1.82) is 0 Å². The minimum Gasteiger partial charge on any atom is -0.341 e. The lowest BCUT2D eigenvalue weighted by Crippen LogP contribution is -2.28. The Labute approximate surface area is 124 Å². The first kappa shape index (κ1) is 16.3. The molecule has 106 valence electrons. The Kier molecular flexibility index (Phi) is 7.28. The van der Waals surface area contributed by atoms with Crippen LogP contribution in [0.2, 0.25) is 5.02 Å². The summed E-state index contributed by atoms with van der Waals surface area (Å²) in [7, 11) is 1.81. The van der Waals surface area contributed by atoms with Crippen molar-refractivity contribution in [3.05, 3.63) is 34.9 Å². The van der Waals surface area contributed by atoms with E-state index in [4.69, 9.17) is 17.3 Å². The topological polar surface area (TPSA) is 46.3 Å².